The van der Waals surface area contributed by atoms with Crippen LogP contribution in [0.5, 0.6) is 0 Å². The third kappa shape index (κ3) is 4.35. The fourth-order valence-corrected chi connectivity index (χ4v) is 3.99. The molecule has 6 heteroatoms. The van der Waals surface area contributed by atoms with Crippen molar-refractivity contribution in [3.8, 4) is 0 Å². The Kier molecular flexibility index (Phi) is 5.63. The highest BCUT2D eigenvalue weighted by molar-refractivity contribution is 7.82. The summed E-state index contributed by atoms with van der Waals surface area (Å²) in [4.78, 5) is 14.4. The highest BCUT2D eigenvalue weighted by Gasteiger charge is 2.22. The second-order valence-corrected chi connectivity index (χ2v) is 7.21. The molecule has 1 N–H and O–H groups in total. The van der Waals surface area contributed by atoms with Gasteiger partial charge in [0, 0.05) is 37.6 Å². The van der Waals surface area contributed by atoms with Crippen molar-refractivity contribution in [2.75, 3.05) is 36.4 Å². The predicted molar refractivity (Wildman–Crippen MR) is 102 cm³/mol. The van der Waals surface area contributed by atoms with Gasteiger partial charge in [0.1, 0.15) is 11.0 Å². The molecule has 1 fully saturated rings. The number of carbonyl (C=O) groups is 1. The maximum atomic E-state index is 12.8. The van der Waals surface area contributed by atoms with Crippen molar-refractivity contribution in [3.05, 3.63) is 67.3 Å². The largest absolute Gasteiger partial charge is 0.369 e. The first-order chi connectivity index (χ1) is 12.2. The molecule has 5 nitrogen and oxygen atoms in total. The molecule has 0 aliphatic carbocycles. The smallest absolute Gasteiger partial charge is 0.247 e. The van der Waals surface area contributed by atoms with Crippen molar-refractivity contribution in [2.24, 2.45) is 0 Å². The van der Waals surface area contributed by atoms with Gasteiger partial charge >= 0.3 is 0 Å². The Labute approximate surface area is 150 Å². The molecule has 0 bridgehead atoms. The second kappa shape index (κ2) is 8.09. The zero-order valence-electron chi connectivity index (χ0n) is 13.9. The first kappa shape index (κ1) is 17.4. The van der Waals surface area contributed by atoms with Crippen LogP contribution in [0.25, 0.3) is 0 Å². The lowest BCUT2D eigenvalue weighted by molar-refractivity contribution is -0.111. The fourth-order valence-electron chi connectivity index (χ4n) is 2.78. The molecule has 2 aromatic carbocycles. The molecule has 0 saturated carbocycles. The summed E-state index contributed by atoms with van der Waals surface area (Å²) in [6, 6.07) is 17.4. The number of rotatable bonds is 5. The van der Waals surface area contributed by atoms with Crippen molar-refractivity contribution in [3.63, 3.8) is 0 Å². The van der Waals surface area contributed by atoms with Gasteiger partial charge in [-0.05, 0) is 36.4 Å². The lowest BCUT2D eigenvalue weighted by Gasteiger charge is -2.35. The maximum Gasteiger partial charge on any atom is 0.247 e. The average Bonchev–Trinajstić information content (AvgIpc) is 2.68. The summed E-state index contributed by atoms with van der Waals surface area (Å²) in [5, 5.41) is 2.70. The number of nitrogens with zero attached hydrogens (tertiary/aromatic N) is 2. The summed E-state index contributed by atoms with van der Waals surface area (Å²) in [5.41, 5.74) is 1.82. The van der Waals surface area contributed by atoms with Crippen molar-refractivity contribution in [1.82, 2.24) is 4.31 Å². The Balaban J connectivity index is 1.63. The molecule has 130 valence electrons. The van der Waals surface area contributed by atoms with Crippen LogP contribution >= 0.6 is 0 Å². The normalized spacial score (nSPS) is 16.2. The Bertz CT molecular complexity index is 771. The molecule has 1 aliphatic rings. The van der Waals surface area contributed by atoms with Gasteiger partial charge in [0.05, 0.1) is 4.90 Å². The summed E-state index contributed by atoms with van der Waals surface area (Å²) >= 11 is 0. The van der Waals surface area contributed by atoms with Crippen molar-refractivity contribution >= 4 is 28.3 Å². The molecule has 3 rings (SSSR count). The first-order valence-corrected chi connectivity index (χ1v) is 9.28. The number of piperazine rings is 1. The summed E-state index contributed by atoms with van der Waals surface area (Å²) in [6.45, 7) is 6.56. The molecule has 1 amide bonds. The lowest BCUT2D eigenvalue weighted by Crippen LogP contribution is -2.46. The molecule has 1 unspecified atom stereocenters. The molecule has 1 atom stereocenters. The van der Waals surface area contributed by atoms with Crippen LogP contribution in [0.2, 0.25) is 0 Å². The van der Waals surface area contributed by atoms with Crippen LogP contribution < -0.4 is 10.2 Å². The summed E-state index contributed by atoms with van der Waals surface area (Å²) in [6.07, 6.45) is 1.21. The third-order valence-corrected chi connectivity index (χ3v) is 5.57. The van der Waals surface area contributed by atoms with Gasteiger partial charge in [-0.2, -0.15) is 0 Å². The lowest BCUT2D eigenvalue weighted by atomic mass is 10.2. The number of hydrogen-bond donors (Lipinski definition) is 1. The monoisotopic (exact) mass is 355 g/mol. The summed E-state index contributed by atoms with van der Waals surface area (Å²) in [5.74, 6) is -0.278. The van der Waals surface area contributed by atoms with E-state index in [1.807, 2.05) is 28.6 Å². The fraction of sp³-hybridized carbons (Fsp3) is 0.211. The van der Waals surface area contributed by atoms with Crippen LogP contribution in [0.3, 0.4) is 0 Å². The van der Waals surface area contributed by atoms with E-state index in [4.69, 9.17) is 0 Å². The van der Waals surface area contributed by atoms with Crippen molar-refractivity contribution in [2.45, 2.75) is 4.90 Å². The van der Waals surface area contributed by atoms with E-state index in [0.717, 1.165) is 26.2 Å². The quantitative estimate of drug-likeness (QED) is 0.839. The number of amides is 1. The number of carbonyl (C=O) groups excluding carboxylic acids is 1. The van der Waals surface area contributed by atoms with Crippen LogP contribution in [0.15, 0.2) is 72.1 Å². The molecule has 1 heterocycles. The molecular weight excluding hydrogens is 334 g/mol. The second-order valence-electron chi connectivity index (χ2n) is 5.72. The van der Waals surface area contributed by atoms with E-state index >= 15 is 0 Å². The van der Waals surface area contributed by atoms with Gasteiger partial charge in [0.25, 0.3) is 0 Å². The Morgan fingerprint density at radius 3 is 2.44 bits per heavy atom. The minimum atomic E-state index is -1.24. The topological polar surface area (TPSA) is 52.7 Å². The molecular formula is C19H21N3O2S. The van der Waals surface area contributed by atoms with Crippen LogP contribution in [-0.2, 0) is 15.8 Å². The molecule has 25 heavy (non-hydrogen) atoms. The molecule has 1 aliphatic heterocycles. The van der Waals surface area contributed by atoms with Gasteiger partial charge in [-0.3, -0.25) is 4.79 Å². The van der Waals surface area contributed by atoms with Gasteiger partial charge < -0.3 is 10.2 Å². The van der Waals surface area contributed by atoms with E-state index in [9.17, 15) is 9.00 Å². The van der Waals surface area contributed by atoms with E-state index in [2.05, 4.69) is 28.9 Å². The maximum absolute atomic E-state index is 12.8. The van der Waals surface area contributed by atoms with Gasteiger partial charge in [-0.1, -0.05) is 30.8 Å². The van der Waals surface area contributed by atoms with E-state index in [-0.39, 0.29) is 5.91 Å². The Morgan fingerprint density at radius 2 is 1.76 bits per heavy atom. The SMILES string of the molecule is C=CC(=O)Nc1cccc(S(=O)N2CCN(c3ccccc3)CC2)c1. The number of para-hydroxylation sites is 1. The van der Waals surface area contributed by atoms with E-state index in [0.29, 0.717) is 10.6 Å². The van der Waals surface area contributed by atoms with Crippen LogP contribution in [0.1, 0.15) is 0 Å². The van der Waals surface area contributed by atoms with Crippen LogP contribution in [-0.4, -0.2) is 40.6 Å². The van der Waals surface area contributed by atoms with Crippen molar-refractivity contribution < 1.29 is 9.00 Å². The predicted octanol–water partition coefficient (Wildman–Crippen LogP) is 2.66. The molecule has 2 aromatic rings. The van der Waals surface area contributed by atoms with E-state index in [1.54, 1.807) is 18.2 Å². The Hall–Kier alpha value is -2.44. The molecule has 1 saturated heterocycles. The average molecular weight is 355 g/mol. The standard InChI is InChI=1S/C19H21N3O2S/c1-2-19(23)20-16-7-6-10-18(15-16)25(24)22-13-11-21(12-14-22)17-8-4-3-5-9-17/h2-10,15H,1,11-14H2,(H,20,23). The number of hydrogen-bond acceptors (Lipinski definition) is 3. The molecule has 0 spiro atoms. The highest BCUT2D eigenvalue weighted by atomic mass is 32.2. The first-order valence-electron chi connectivity index (χ1n) is 8.17. The zero-order valence-corrected chi connectivity index (χ0v) is 14.7. The summed E-state index contributed by atoms with van der Waals surface area (Å²) in [7, 11) is -1.24. The van der Waals surface area contributed by atoms with E-state index in [1.165, 1.54) is 11.8 Å². The van der Waals surface area contributed by atoms with Gasteiger partial charge in [0.2, 0.25) is 5.91 Å². The molecule has 0 aromatic heterocycles. The number of benzene rings is 2. The van der Waals surface area contributed by atoms with Crippen LogP contribution in [0, 0.1) is 0 Å². The zero-order chi connectivity index (χ0) is 17.6. The van der Waals surface area contributed by atoms with E-state index < -0.39 is 11.0 Å². The molecule has 0 radical (unpaired) electrons. The van der Waals surface area contributed by atoms with Gasteiger partial charge in [-0.25, -0.2) is 8.51 Å². The highest BCUT2D eigenvalue weighted by Crippen LogP contribution is 2.20. The van der Waals surface area contributed by atoms with Gasteiger partial charge in [0.15, 0.2) is 0 Å². The van der Waals surface area contributed by atoms with Gasteiger partial charge in [-0.15, -0.1) is 0 Å². The minimum Gasteiger partial charge on any atom is -0.369 e. The third-order valence-electron chi connectivity index (χ3n) is 4.08. The number of anilines is 2. The minimum absolute atomic E-state index is 0.278. The van der Waals surface area contributed by atoms with Crippen molar-refractivity contribution in [1.29, 1.82) is 0 Å². The number of nitrogens with one attached hydrogen (secondary N) is 1. The summed E-state index contributed by atoms with van der Waals surface area (Å²) < 4.78 is 14.8. The van der Waals surface area contributed by atoms with Crippen LogP contribution in [0.4, 0.5) is 11.4 Å². The Morgan fingerprint density at radius 1 is 1.04 bits per heavy atom.